The lowest BCUT2D eigenvalue weighted by atomic mass is 9.80. The Morgan fingerprint density at radius 3 is 2.21 bits per heavy atom. The van der Waals surface area contributed by atoms with Gasteiger partial charge in [0.25, 0.3) is 0 Å². The third-order valence-electron chi connectivity index (χ3n) is 6.52. The van der Waals surface area contributed by atoms with E-state index in [0.717, 1.165) is 49.6 Å². The first-order chi connectivity index (χ1) is 16.7. The van der Waals surface area contributed by atoms with Gasteiger partial charge in [-0.05, 0) is 51.7 Å². The maximum absolute atomic E-state index is 11.3. The molecule has 0 aliphatic rings. The lowest BCUT2D eigenvalue weighted by Gasteiger charge is -2.23. The molecule has 2 N–H and O–H groups in total. The summed E-state index contributed by atoms with van der Waals surface area (Å²) < 4.78 is 0. The summed E-state index contributed by atoms with van der Waals surface area (Å²) in [6, 6.07) is 38.7. The molecule has 0 aliphatic heterocycles. The van der Waals surface area contributed by atoms with E-state index in [2.05, 4.69) is 53.5 Å². The van der Waals surface area contributed by atoms with Crippen molar-refractivity contribution in [2.45, 2.75) is 5.92 Å². The zero-order valence-electron chi connectivity index (χ0n) is 18.4. The summed E-state index contributed by atoms with van der Waals surface area (Å²) in [5.74, 6) is 0.0316. The number of aromatic amines is 1. The number of hydrogen-bond donors (Lipinski definition) is 2. The Labute approximate surface area is 203 Å². The van der Waals surface area contributed by atoms with Crippen molar-refractivity contribution in [3.8, 4) is 17.0 Å². The quantitative estimate of drug-likeness (QED) is 0.272. The zero-order chi connectivity index (χ0) is 23.1. The van der Waals surface area contributed by atoms with E-state index >= 15 is 0 Å². The summed E-state index contributed by atoms with van der Waals surface area (Å²) in [4.78, 5) is 3.67. The van der Waals surface area contributed by atoms with Gasteiger partial charge in [-0.2, -0.15) is 0 Å². The lowest BCUT2D eigenvalue weighted by molar-refractivity contribution is 0.468. The third kappa shape index (κ3) is 3.44. The van der Waals surface area contributed by atoms with Gasteiger partial charge in [-0.3, -0.25) is 0 Å². The summed E-state index contributed by atoms with van der Waals surface area (Å²) in [5, 5.41) is 15.2. The summed E-state index contributed by atoms with van der Waals surface area (Å²) in [5.41, 5.74) is 6.22. The molecule has 3 heteroatoms. The predicted octanol–water partition coefficient (Wildman–Crippen LogP) is 8.53. The maximum atomic E-state index is 11.3. The Bertz CT molecular complexity index is 1630. The van der Waals surface area contributed by atoms with Crippen molar-refractivity contribution < 1.29 is 5.11 Å². The third-order valence-corrected chi connectivity index (χ3v) is 6.75. The molecule has 0 amide bonds. The number of fused-ring (bicyclic) bond motifs is 2. The Morgan fingerprint density at radius 1 is 0.647 bits per heavy atom. The molecule has 0 aliphatic carbocycles. The number of nitrogens with one attached hydrogen (secondary N) is 1. The average Bonchev–Trinajstić information content (AvgIpc) is 3.26. The fourth-order valence-corrected chi connectivity index (χ4v) is 5.25. The molecule has 6 rings (SSSR count). The van der Waals surface area contributed by atoms with Crippen LogP contribution in [0, 0.1) is 0 Å². The Kier molecular flexibility index (Phi) is 5.09. The molecule has 6 aromatic rings. The van der Waals surface area contributed by atoms with Gasteiger partial charge in [-0.1, -0.05) is 103 Å². The van der Waals surface area contributed by atoms with Crippen LogP contribution in [0.1, 0.15) is 22.6 Å². The van der Waals surface area contributed by atoms with Crippen LogP contribution in [0.4, 0.5) is 0 Å². The van der Waals surface area contributed by atoms with Crippen molar-refractivity contribution in [3.63, 3.8) is 0 Å². The number of benzene rings is 5. The van der Waals surface area contributed by atoms with Crippen LogP contribution >= 0.6 is 11.6 Å². The molecule has 0 saturated carbocycles. The van der Waals surface area contributed by atoms with Gasteiger partial charge >= 0.3 is 0 Å². The number of aromatic nitrogens is 1. The Hall–Kier alpha value is -4.01. The zero-order valence-corrected chi connectivity index (χ0v) is 19.1. The van der Waals surface area contributed by atoms with Crippen LogP contribution in [0.25, 0.3) is 32.9 Å². The Balaban J connectivity index is 1.76. The number of para-hydroxylation sites is 1. The highest BCUT2D eigenvalue weighted by molar-refractivity contribution is 6.30. The number of H-pyrrole nitrogens is 1. The second-order valence-corrected chi connectivity index (χ2v) is 8.97. The van der Waals surface area contributed by atoms with E-state index in [1.807, 2.05) is 60.7 Å². The van der Waals surface area contributed by atoms with Crippen LogP contribution in [-0.4, -0.2) is 10.1 Å². The average molecular weight is 460 g/mol. The maximum Gasteiger partial charge on any atom is 0.120 e. The first-order valence-corrected chi connectivity index (χ1v) is 11.7. The highest BCUT2D eigenvalue weighted by atomic mass is 35.5. The van der Waals surface area contributed by atoms with Crippen LogP contribution in [0.5, 0.6) is 5.75 Å². The topological polar surface area (TPSA) is 36.0 Å². The molecule has 0 unspecified atom stereocenters. The molecule has 5 aromatic carbocycles. The molecule has 0 bridgehead atoms. The Morgan fingerprint density at radius 2 is 1.38 bits per heavy atom. The van der Waals surface area contributed by atoms with Gasteiger partial charge in [0.1, 0.15) is 5.75 Å². The van der Waals surface area contributed by atoms with E-state index in [1.54, 1.807) is 6.07 Å². The monoisotopic (exact) mass is 459 g/mol. The SMILES string of the molecule is Oc1ccc2ccccc2c1[C@H](c1cccc(Cl)c1)c1c(-c2ccccc2)[nH]c2ccccc12. The molecule has 0 saturated heterocycles. The van der Waals surface area contributed by atoms with Crippen molar-refractivity contribution in [1.29, 1.82) is 0 Å². The number of hydrogen-bond acceptors (Lipinski definition) is 1. The molecular formula is C31H22ClNO. The number of phenolic OH excluding ortho intramolecular Hbond substituents is 1. The molecule has 34 heavy (non-hydrogen) atoms. The van der Waals surface area contributed by atoms with Gasteiger partial charge < -0.3 is 10.1 Å². The summed E-state index contributed by atoms with van der Waals surface area (Å²) in [6.45, 7) is 0. The largest absolute Gasteiger partial charge is 0.508 e. The van der Waals surface area contributed by atoms with Crippen molar-refractivity contribution in [3.05, 3.63) is 137 Å². The molecule has 164 valence electrons. The van der Waals surface area contributed by atoms with Gasteiger partial charge in [-0.25, -0.2) is 0 Å². The van der Waals surface area contributed by atoms with Crippen molar-refractivity contribution in [2.24, 2.45) is 0 Å². The minimum atomic E-state index is -0.240. The fourth-order valence-electron chi connectivity index (χ4n) is 5.05. The first-order valence-electron chi connectivity index (χ1n) is 11.3. The molecular weight excluding hydrogens is 438 g/mol. The van der Waals surface area contributed by atoms with E-state index in [4.69, 9.17) is 11.6 Å². The second kappa shape index (κ2) is 8.40. The van der Waals surface area contributed by atoms with Gasteiger partial charge in [0.15, 0.2) is 0 Å². The van der Waals surface area contributed by atoms with Crippen LogP contribution in [0.3, 0.4) is 0 Å². The highest BCUT2D eigenvalue weighted by Gasteiger charge is 2.28. The van der Waals surface area contributed by atoms with Crippen molar-refractivity contribution in [1.82, 2.24) is 4.98 Å². The number of phenols is 1. The van der Waals surface area contributed by atoms with E-state index in [9.17, 15) is 5.11 Å². The second-order valence-electron chi connectivity index (χ2n) is 8.53. The number of halogens is 1. The molecule has 2 nitrogen and oxygen atoms in total. The minimum Gasteiger partial charge on any atom is -0.508 e. The van der Waals surface area contributed by atoms with E-state index in [1.165, 1.54) is 0 Å². The highest BCUT2D eigenvalue weighted by Crippen LogP contribution is 2.47. The summed E-state index contributed by atoms with van der Waals surface area (Å²) in [7, 11) is 0. The van der Waals surface area contributed by atoms with E-state index in [-0.39, 0.29) is 11.7 Å². The molecule has 1 atom stereocenters. The van der Waals surface area contributed by atoms with Gasteiger partial charge in [0.2, 0.25) is 0 Å². The van der Waals surface area contributed by atoms with Gasteiger partial charge in [-0.15, -0.1) is 0 Å². The standard InChI is InChI=1S/C31H22ClNO/c32-23-13-8-12-22(19-23)28(29-24-14-5-4-9-20(24)17-18-27(29)34)30-25-15-6-7-16-26(25)33-31(30)21-10-2-1-3-11-21/h1-19,28,33-34H/t28-/m0/s1. The van der Waals surface area contributed by atoms with Gasteiger partial charge in [0, 0.05) is 27.4 Å². The van der Waals surface area contributed by atoms with Crippen molar-refractivity contribution >= 4 is 33.3 Å². The molecule has 0 fully saturated rings. The van der Waals surface area contributed by atoms with Crippen LogP contribution in [-0.2, 0) is 0 Å². The van der Waals surface area contributed by atoms with Crippen molar-refractivity contribution in [2.75, 3.05) is 0 Å². The number of aromatic hydroxyl groups is 1. The van der Waals surface area contributed by atoms with E-state index < -0.39 is 0 Å². The smallest absolute Gasteiger partial charge is 0.120 e. The first kappa shape index (κ1) is 20.6. The summed E-state index contributed by atoms with van der Waals surface area (Å²) >= 11 is 6.50. The predicted molar refractivity (Wildman–Crippen MR) is 142 cm³/mol. The van der Waals surface area contributed by atoms with Crippen LogP contribution < -0.4 is 0 Å². The molecule has 1 heterocycles. The number of rotatable bonds is 4. The van der Waals surface area contributed by atoms with E-state index in [0.29, 0.717) is 5.02 Å². The van der Waals surface area contributed by atoms with Gasteiger partial charge in [0.05, 0.1) is 5.69 Å². The summed E-state index contributed by atoms with van der Waals surface area (Å²) in [6.07, 6.45) is 0. The molecule has 0 spiro atoms. The molecule has 1 aromatic heterocycles. The minimum absolute atomic E-state index is 0.240. The molecule has 0 radical (unpaired) electrons. The normalized spacial score (nSPS) is 12.3. The van der Waals surface area contributed by atoms with Crippen LogP contribution in [0.15, 0.2) is 115 Å². The lowest BCUT2D eigenvalue weighted by Crippen LogP contribution is -2.06. The fraction of sp³-hybridized carbons (Fsp3) is 0.0323. The van der Waals surface area contributed by atoms with Crippen LogP contribution in [0.2, 0.25) is 5.02 Å².